The number of aromatic nitrogens is 1. The molecular weight excluding hydrogens is 439 g/mol. The van der Waals surface area contributed by atoms with Gasteiger partial charge in [0, 0.05) is 23.2 Å². The van der Waals surface area contributed by atoms with Crippen molar-refractivity contribution in [2.24, 2.45) is 0 Å². The minimum absolute atomic E-state index is 0.00720. The van der Waals surface area contributed by atoms with Gasteiger partial charge in [-0.25, -0.2) is 9.37 Å². The summed E-state index contributed by atoms with van der Waals surface area (Å²) in [5.41, 5.74) is 2.23. The Labute approximate surface area is 190 Å². The molecule has 0 aliphatic carbocycles. The number of nitrogens with zero attached hydrogens (tertiary/aromatic N) is 3. The summed E-state index contributed by atoms with van der Waals surface area (Å²) in [5, 5.41) is 14.7. The molecule has 1 aromatic heterocycles. The number of hydrogen-bond donors (Lipinski definition) is 1. The molecule has 2 heterocycles. The van der Waals surface area contributed by atoms with Gasteiger partial charge in [-0.1, -0.05) is 44.5 Å². The SMILES string of the molecule is CC(C)(C)c1cc(Cc2nc(C(=O)NCC(=O)N3CC(F)C[C@H]3C#N)cs2)ccc1Cl. The van der Waals surface area contributed by atoms with Crippen molar-refractivity contribution in [2.45, 2.75) is 51.2 Å². The number of likely N-dealkylation sites (tertiary alicyclic amines) is 1. The van der Waals surface area contributed by atoms with Crippen LogP contribution in [0.4, 0.5) is 4.39 Å². The van der Waals surface area contributed by atoms with Crippen LogP contribution in [-0.2, 0) is 16.6 Å². The Morgan fingerprint density at radius 3 is 2.84 bits per heavy atom. The normalized spacial score (nSPS) is 18.6. The zero-order chi connectivity index (χ0) is 22.8. The van der Waals surface area contributed by atoms with Gasteiger partial charge in [0.2, 0.25) is 5.91 Å². The first-order chi connectivity index (χ1) is 14.6. The monoisotopic (exact) mass is 462 g/mol. The summed E-state index contributed by atoms with van der Waals surface area (Å²) in [6.45, 7) is 5.87. The summed E-state index contributed by atoms with van der Waals surface area (Å²) in [4.78, 5) is 30.2. The van der Waals surface area contributed by atoms with E-state index in [4.69, 9.17) is 16.9 Å². The van der Waals surface area contributed by atoms with E-state index in [-0.39, 0.29) is 30.6 Å². The largest absolute Gasteiger partial charge is 0.342 e. The van der Waals surface area contributed by atoms with E-state index in [0.29, 0.717) is 6.42 Å². The third kappa shape index (κ3) is 5.60. The van der Waals surface area contributed by atoms with E-state index in [2.05, 4.69) is 37.1 Å². The van der Waals surface area contributed by atoms with Crippen LogP contribution in [0.3, 0.4) is 0 Å². The summed E-state index contributed by atoms with van der Waals surface area (Å²) in [5.74, 6) is -0.960. The van der Waals surface area contributed by atoms with Crippen molar-refractivity contribution in [3.8, 4) is 6.07 Å². The lowest BCUT2D eigenvalue weighted by molar-refractivity contribution is -0.130. The maximum Gasteiger partial charge on any atom is 0.271 e. The second-order valence-electron chi connectivity index (χ2n) is 8.57. The Bertz CT molecular complexity index is 1030. The van der Waals surface area contributed by atoms with Crippen LogP contribution in [0.1, 0.15) is 53.8 Å². The van der Waals surface area contributed by atoms with Gasteiger partial charge in [0.1, 0.15) is 17.9 Å². The second kappa shape index (κ2) is 9.33. The lowest BCUT2D eigenvalue weighted by atomic mass is 9.86. The molecule has 9 heteroatoms. The number of hydrogen-bond acceptors (Lipinski definition) is 5. The van der Waals surface area contributed by atoms with Crippen molar-refractivity contribution in [3.63, 3.8) is 0 Å². The van der Waals surface area contributed by atoms with E-state index in [0.717, 1.165) is 21.2 Å². The number of benzene rings is 1. The Morgan fingerprint density at radius 2 is 2.16 bits per heavy atom. The number of rotatable bonds is 5. The van der Waals surface area contributed by atoms with E-state index in [1.165, 1.54) is 16.2 Å². The quantitative estimate of drug-likeness (QED) is 0.730. The smallest absolute Gasteiger partial charge is 0.271 e. The molecule has 1 aromatic carbocycles. The Morgan fingerprint density at radius 1 is 1.42 bits per heavy atom. The Hall–Kier alpha value is -2.50. The predicted octanol–water partition coefficient (Wildman–Crippen LogP) is 3.88. The van der Waals surface area contributed by atoms with Crippen LogP contribution in [0.15, 0.2) is 23.6 Å². The number of amides is 2. The van der Waals surface area contributed by atoms with Crippen LogP contribution in [0.5, 0.6) is 0 Å². The molecule has 2 aromatic rings. The average molecular weight is 463 g/mol. The third-order valence-corrected chi connectivity index (χ3v) is 6.28. The van der Waals surface area contributed by atoms with E-state index in [9.17, 15) is 14.0 Å². The Balaban J connectivity index is 1.60. The number of carbonyl (C=O) groups excluding carboxylic acids is 2. The lowest BCUT2D eigenvalue weighted by Gasteiger charge is -2.21. The van der Waals surface area contributed by atoms with Crippen molar-refractivity contribution >= 4 is 34.8 Å². The average Bonchev–Trinajstić information content (AvgIpc) is 3.32. The first-order valence-corrected chi connectivity index (χ1v) is 11.2. The highest BCUT2D eigenvalue weighted by Crippen LogP contribution is 2.31. The molecule has 1 aliphatic rings. The van der Waals surface area contributed by atoms with Gasteiger partial charge in [-0.3, -0.25) is 9.59 Å². The molecule has 0 spiro atoms. The lowest BCUT2D eigenvalue weighted by Crippen LogP contribution is -2.42. The zero-order valence-electron chi connectivity index (χ0n) is 17.6. The molecule has 1 saturated heterocycles. The van der Waals surface area contributed by atoms with Gasteiger partial charge in [0.05, 0.1) is 24.2 Å². The number of thiazole rings is 1. The predicted molar refractivity (Wildman–Crippen MR) is 118 cm³/mol. The molecule has 1 aliphatic heterocycles. The molecule has 2 amide bonds. The summed E-state index contributed by atoms with van der Waals surface area (Å²) in [6.07, 6.45) is -0.642. The fourth-order valence-electron chi connectivity index (χ4n) is 3.46. The number of alkyl halides is 1. The summed E-state index contributed by atoms with van der Waals surface area (Å²) in [7, 11) is 0. The second-order valence-corrected chi connectivity index (χ2v) is 9.92. The van der Waals surface area contributed by atoms with E-state index < -0.39 is 24.0 Å². The number of halogens is 2. The van der Waals surface area contributed by atoms with Gasteiger partial charge in [0.25, 0.3) is 5.91 Å². The maximum atomic E-state index is 13.5. The molecule has 6 nitrogen and oxygen atoms in total. The van der Waals surface area contributed by atoms with Crippen LogP contribution < -0.4 is 5.32 Å². The standard InChI is InChI=1S/C22H24ClFN4O2S/c1-22(2,3)16-6-13(4-5-17(16)23)7-19-27-18(12-31-19)21(30)26-10-20(29)28-11-14(24)8-15(28)9-25/h4-6,12,14-15H,7-8,10-11H2,1-3H3,(H,26,30)/t14?,15-/m0/s1. The fourth-order valence-corrected chi connectivity index (χ4v) is 4.67. The van der Waals surface area contributed by atoms with Gasteiger partial charge in [-0.05, 0) is 22.6 Å². The van der Waals surface area contributed by atoms with E-state index in [1.807, 2.05) is 18.2 Å². The van der Waals surface area contributed by atoms with E-state index in [1.54, 1.807) is 5.38 Å². The fraction of sp³-hybridized carbons (Fsp3) is 0.455. The molecule has 3 rings (SSSR count). The third-order valence-electron chi connectivity index (χ3n) is 5.10. The first-order valence-electron chi connectivity index (χ1n) is 9.93. The topological polar surface area (TPSA) is 86.1 Å². The van der Waals surface area contributed by atoms with Gasteiger partial charge in [-0.15, -0.1) is 11.3 Å². The summed E-state index contributed by atoms with van der Waals surface area (Å²) < 4.78 is 13.5. The molecule has 1 unspecified atom stereocenters. The molecule has 0 saturated carbocycles. The maximum absolute atomic E-state index is 13.5. The van der Waals surface area contributed by atoms with Gasteiger partial charge in [-0.2, -0.15) is 5.26 Å². The number of nitriles is 1. The molecule has 1 fully saturated rings. The minimum Gasteiger partial charge on any atom is -0.342 e. The van der Waals surface area contributed by atoms with Crippen LogP contribution in [-0.4, -0.2) is 47.0 Å². The van der Waals surface area contributed by atoms with Crippen LogP contribution in [0.2, 0.25) is 5.02 Å². The highest BCUT2D eigenvalue weighted by molar-refractivity contribution is 7.09. The van der Waals surface area contributed by atoms with Crippen molar-refractivity contribution in [3.05, 3.63) is 50.4 Å². The van der Waals surface area contributed by atoms with Crippen LogP contribution in [0, 0.1) is 11.3 Å². The molecule has 0 bridgehead atoms. The minimum atomic E-state index is -1.21. The molecule has 31 heavy (non-hydrogen) atoms. The zero-order valence-corrected chi connectivity index (χ0v) is 19.2. The highest BCUT2D eigenvalue weighted by atomic mass is 35.5. The summed E-state index contributed by atoms with van der Waals surface area (Å²) in [6, 6.07) is 7.01. The van der Waals surface area contributed by atoms with E-state index >= 15 is 0 Å². The highest BCUT2D eigenvalue weighted by Gasteiger charge is 2.35. The molecule has 0 radical (unpaired) electrons. The van der Waals surface area contributed by atoms with Crippen molar-refractivity contribution in [1.82, 2.24) is 15.2 Å². The van der Waals surface area contributed by atoms with Gasteiger partial charge < -0.3 is 10.2 Å². The number of carbonyl (C=O) groups is 2. The van der Waals surface area contributed by atoms with Gasteiger partial charge in [0.15, 0.2) is 0 Å². The van der Waals surface area contributed by atoms with Crippen molar-refractivity contribution in [1.29, 1.82) is 5.26 Å². The van der Waals surface area contributed by atoms with Crippen molar-refractivity contribution < 1.29 is 14.0 Å². The Kier molecular flexibility index (Phi) is 6.97. The van der Waals surface area contributed by atoms with Crippen molar-refractivity contribution in [2.75, 3.05) is 13.1 Å². The summed E-state index contributed by atoms with van der Waals surface area (Å²) >= 11 is 7.69. The van der Waals surface area contributed by atoms with Crippen LogP contribution in [0.25, 0.3) is 0 Å². The van der Waals surface area contributed by atoms with Crippen LogP contribution >= 0.6 is 22.9 Å². The molecule has 164 valence electrons. The molecule has 1 N–H and O–H groups in total. The first kappa shape index (κ1) is 23.2. The molecule has 2 atom stereocenters. The van der Waals surface area contributed by atoms with Gasteiger partial charge >= 0.3 is 0 Å². The number of nitrogens with one attached hydrogen (secondary N) is 1. The molecular formula is C22H24ClFN4O2S.